The first-order chi connectivity index (χ1) is 6.90. The van der Waals surface area contributed by atoms with Gasteiger partial charge in [0.15, 0.2) is 6.61 Å². The molecule has 2 nitrogen and oxygen atoms in total. The van der Waals surface area contributed by atoms with Crippen molar-refractivity contribution in [1.29, 1.82) is 0 Å². The Morgan fingerprint density at radius 1 is 1.53 bits per heavy atom. The number of halogens is 3. The highest BCUT2D eigenvalue weighted by Crippen LogP contribution is 2.23. The van der Waals surface area contributed by atoms with E-state index in [1.807, 2.05) is 18.4 Å². The number of hydrogen-bond acceptors (Lipinski definition) is 3. The molecule has 0 aliphatic heterocycles. The van der Waals surface area contributed by atoms with E-state index in [0.717, 1.165) is 10.4 Å². The van der Waals surface area contributed by atoms with Crippen molar-refractivity contribution in [3.05, 3.63) is 21.9 Å². The molecule has 1 atom stereocenters. The molecule has 0 aromatic carbocycles. The summed E-state index contributed by atoms with van der Waals surface area (Å²) in [7, 11) is 0. The van der Waals surface area contributed by atoms with Crippen LogP contribution in [0.3, 0.4) is 0 Å². The molecule has 0 aliphatic carbocycles. The molecule has 6 heteroatoms. The number of thiophene rings is 1. The Morgan fingerprint density at radius 3 is 2.67 bits per heavy atom. The van der Waals surface area contributed by atoms with Crippen LogP contribution in [-0.2, 0) is 4.84 Å². The molecular formula is C9H12F3NOS. The van der Waals surface area contributed by atoms with Gasteiger partial charge in [0.2, 0.25) is 0 Å². The highest BCUT2D eigenvalue weighted by atomic mass is 32.1. The zero-order valence-corrected chi connectivity index (χ0v) is 9.21. The highest BCUT2D eigenvalue weighted by molar-refractivity contribution is 7.10. The van der Waals surface area contributed by atoms with Gasteiger partial charge >= 0.3 is 6.18 Å². The molecule has 1 heterocycles. The molecule has 0 radical (unpaired) electrons. The lowest BCUT2D eigenvalue weighted by atomic mass is 10.2. The van der Waals surface area contributed by atoms with E-state index >= 15 is 0 Å². The Bertz CT molecular complexity index is 311. The maximum Gasteiger partial charge on any atom is 0.413 e. The summed E-state index contributed by atoms with van der Waals surface area (Å²) in [6.07, 6.45) is -4.29. The lowest BCUT2D eigenvalue weighted by molar-refractivity contribution is -0.192. The van der Waals surface area contributed by atoms with Gasteiger partial charge in [-0.15, -0.1) is 11.3 Å². The van der Waals surface area contributed by atoms with Crippen LogP contribution in [-0.4, -0.2) is 12.8 Å². The SMILES string of the molecule is Cc1ccsc1C(C)NOCC(F)(F)F. The van der Waals surface area contributed by atoms with E-state index in [-0.39, 0.29) is 6.04 Å². The third kappa shape index (κ3) is 4.19. The number of nitrogens with one attached hydrogen (secondary N) is 1. The molecule has 0 bridgehead atoms. The first-order valence-corrected chi connectivity index (χ1v) is 5.26. The molecule has 0 aliphatic rings. The van der Waals surface area contributed by atoms with Gasteiger partial charge in [0.1, 0.15) is 0 Å². The van der Waals surface area contributed by atoms with E-state index in [1.54, 1.807) is 6.92 Å². The lowest BCUT2D eigenvalue weighted by Crippen LogP contribution is -2.26. The van der Waals surface area contributed by atoms with Gasteiger partial charge in [0, 0.05) is 4.88 Å². The average Bonchev–Trinajstić information content (AvgIpc) is 2.48. The van der Waals surface area contributed by atoms with Gasteiger partial charge in [-0.25, -0.2) is 0 Å². The van der Waals surface area contributed by atoms with Crippen LogP contribution in [0.15, 0.2) is 11.4 Å². The van der Waals surface area contributed by atoms with Crippen molar-refractivity contribution in [2.75, 3.05) is 6.61 Å². The number of aryl methyl sites for hydroxylation is 1. The quantitative estimate of drug-likeness (QED) is 0.815. The molecule has 0 saturated carbocycles. The summed E-state index contributed by atoms with van der Waals surface area (Å²) in [6, 6.07) is 1.69. The van der Waals surface area contributed by atoms with Crippen LogP contribution < -0.4 is 5.48 Å². The normalized spacial score (nSPS) is 14.2. The largest absolute Gasteiger partial charge is 0.413 e. The lowest BCUT2D eigenvalue weighted by Gasteiger charge is -2.14. The fourth-order valence-corrected chi connectivity index (χ4v) is 2.05. The van der Waals surface area contributed by atoms with Crippen molar-refractivity contribution in [3.63, 3.8) is 0 Å². The van der Waals surface area contributed by atoms with Crippen LogP contribution in [0.5, 0.6) is 0 Å². The van der Waals surface area contributed by atoms with Crippen molar-refractivity contribution in [2.24, 2.45) is 0 Å². The smallest absolute Gasteiger partial charge is 0.292 e. The van der Waals surface area contributed by atoms with Crippen LogP contribution >= 0.6 is 11.3 Å². The summed E-state index contributed by atoms with van der Waals surface area (Å²) in [4.78, 5) is 5.35. The number of hydrogen-bond donors (Lipinski definition) is 1. The van der Waals surface area contributed by atoms with Crippen LogP contribution in [0, 0.1) is 6.92 Å². The van der Waals surface area contributed by atoms with Crippen LogP contribution in [0.1, 0.15) is 23.4 Å². The molecule has 0 spiro atoms. The maximum absolute atomic E-state index is 11.8. The fourth-order valence-electron chi connectivity index (χ4n) is 1.13. The summed E-state index contributed by atoms with van der Waals surface area (Å²) in [6.45, 7) is 2.39. The van der Waals surface area contributed by atoms with Crippen molar-refractivity contribution < 1.29 is 18.0 Å². The van der Waals surface area contributed by atoms with Gasteiger partial charge < -0.3 is 0 Å². The van der Waals surface area contributed by atoms with Gasteiger partial charge in [-0.3, -0.25) is 4.84 Å². The molecule has 0 amide bonds. The molecule has 1 aromatic rings. The Balaban J connectivity index is 2.37. The van der Waals surface area contributed by atoms with E-state index in [4.69, 9.17) is 0 Å². The fraction of sp³-hybridized carbons (Fsp3) is 0.556. The third-order valence-corrected chi connectivity index (χ3v) is 2.99. The van der Waals surface area contributed by atoms with Gasteiger partial charge in [-0.05, 0) is 30.9 Å². The summed E-state index contributed by atoms with van der Waals surface area (Å²) in [5.41, 5.74) is 3.42. The van der Waals surface area contributed by atoms with Crippen molar-refractivity contribution in [2.45, 2.75) is 26.1 Å². The van der Waals surface area contributed by atoms with Crippen LogP contribution in [0.25, 0.3) is 0 Å². The molecule has 1 N–H and O–H groups in total. The molecule has 0 saturated heterocycles. The standard InChI is InChI=1S/C9H12F3NOS/c1-6-3-4-15-8(6)7(2)13-14-5-9(10,11)12/h3-4,7,13H,5H2,1-2H3. The van der Waals surface area contributed by atoms with E-state index < -0.39 is 12.8 Å². The molecule has 1 unspecified atom stereocenters. The number of rotatable bonds is 4. The second-order valence-corrected chi connectivity index (χ2v) is 4.16. The Morgan fingerprint density at radius 2 is 2.20 bits per heavy atom. The predicted molar refractivity (Wildman–Crippen MR) is 52.6 cm³/mol. The first kappa shape index (κ1) is 12.5. The summed E-state index contributed by atoms with van der Waals surface area (Å²) >= 11 is 1.49. The van der Waals surface area contributed by atoms with Crippen molar-refractivity contribution >= 4 is 11.3 Å². The second-order valence-electron chi connectivity index (χ2n) is 3.21. The van der Waals surface area contributed by atoms with Crippen molar-refractivity contribution in [1.82, 2.24) is 5.48 Å². The minimum atomic E-state index is -4.29. The molecular weight excluding hydrogens is 227 g/mol. The van der Waals surface area contributed by atoms with Crippen LogP contribution in [0.4, 0.5) is 13.2 Å². The van der Waals surface area contributed by atoms with Gasteiger partial charge in [-0.1, -0.05) is 0 Å². The molecule has 15 heavy (non-hydrogen) atoms. The van der Waals surface area contributed by atoms with Crippen molar-refractivity contribution in [3.8, 4) is 0 Å². The summed E-state index contributed by atoms with van der Waals surface area (Å²) in [5, 5.41) is 1.90. The maximum atomic E-state index is 11.8. The average molecular weight is 239 g/mol. The second kappa shape index (κ2) is 4.96. The van der Waals surface area contributed by atoms with Gasteiger partial charge in [-0.2, -0.15) is 18.7 Å². The van der Waals surface area contributed by atoms with Gasteiger partial charge in [0.25, 0.3) is 0 Å². The minimum Gasteiger partial charge on any atom is -0.292 e. The Labute approximate surface area is 90.0 Å². The van der Waals surface area contributed by atoms with E-state index in [9.17, 15) is 13.2 Å². The molecule has 86 valence electrons. The minimum absolute atomic E-state index is 0.229. The molecule has 1 rings (SSSR count). The highest BCUT2D eigenvalue weighted by Gasteiger charge is 2.28. The zero-order valence-electron chi connectivity index (χ0n) is 8.39. The summed E-state index contributed by atoms with van der Waals surface area (Å²) in [5.74, 6) is 0. The monoisotopic (exact) mass is 239 g/mol. The molecule has 0 fully saturated rings. The number of hydroxylamine groups is 1. The topological polar surface area (TPSA) is 21.3 Å². The first-order valence-electron chi connectivity index (χ1n) is 4.38. The molecule has 1 aromatic heterocycles. The van der Waals surface area contributed by atoms with Crippen LogP contribution in [0.2, 0.25) is 0 Å². The zero-order chi connectivity index (χ0) is 11.5. The van der Waals surface area contributed by atoms with E-state index in [0.29, 0.717) is 0 Å². The van der Waals surface area contributed by atoms with Gasteiger partial charge in [0.05, 0.1) is 6.04 Å². The van der Waals surface area contributed by atoms with E-state index in [1.165, 1.54) is 11.3 Å². The summed E-state index contributed by atoms with van der Waals surface area (Å²) < 4.78 is 35.3. The third-order valence-electron chi connectivity index (χ3n) is 1.79. The van der Waals surface area contributed by atoms with E-state index in [2.05, 4.69) is 10.3 Å². The predicted octanol–water partition coefficient (Wildman–Crippen LogP) is 3.20. The Hall–Kier alpha value is -0.590. The Kier molecular flexibility index (Phi) is 4.12. The number of alkyl halides is 3.